The van der Waals surface area contributed by atoms with E-state index in [4.69, 9.17) is 0 Å². The molecule has 1 saturated carbocycles. The lowest BCUT2D eigenvalue weighted by Gasteiger charge is -2.47. The van der Waals surface area contributed by atoms with Crippen LogP contribution >= 0.6 is 0 Å². The Labute approximate surface area is 150 Å². The number of rotatable bonds is 3. The lowest BCUT2D eigenvalue weighted by atomic mass is 9.78. The van der Waals surface area contributed by atoms with Gasteiger partial charge in [0.15, 0.2) is 5.82 Å². The summed E-state index contributed by atoms with van der Waals surface area (Å²) >= 11 is 0. The van der Waals surface area contributed by atoms with Crippen LogP contribution in [-0.4, -0.2) is 38.2 Å². The molecule has 1 aromatic carbocycles. The van der Waals surface area contributed by atoms with Crippen LogP contribution in [0.5, 0.6) is 0 Å². The Morgan fingerprint density at radius 3 is 2.36 bits per heavy atom. The normalized spacial score (nSPS) is 21.4. The first kappa shape index (κ1) is 16.7. The molecule has 5 nitrogen and oxygen atoms in total. The van der Waals surface area contributed by atoms with E-state index >= 15 is 0 Å². The van der Waals surface area contributed by atoms with Gasteiger partial charge in [0.05, 0.1) is 11.2 Å². The molecule has 2 heterocycles. The summed E-state index contributed by atoms with van der Waals surface area (Å²) in [7, 11) is 0. The number of likely N-dealkylation sites (tertiary alicyclic amines) is 1. The Hall–Kier alpha value is -1.75. The number of tetrazole rings is 1. The quantitative estimate of drug-likeness (QED) is 0.850. The number of piperidine rings is 1. The molecule has 1 saturated heterocycles. The number of nitrogens with zero attached hydrogens (tertiary/aromatic N) is 5. The Balaban J connectivity index is 1.79. The van der Waals surface area contributed by atoms with Gasteiger partial charge in [-0.1, -0.05) is 43.4 Å². The van der Waals surface area contributed by atoms with Crippen LogP contribution in [0, 0.1) is 13.8 Å². The summed E-state index contributed by atoms with van der Waals surface area (Å²) in [6.45, 7) is 6.65. The van der Waals surface area contributed by atoms with Crippen LogP contribution < -0.4 is 0 Å². The lowest BCUT2D eigenvalue weighted by Crippen LogP contribution is -2.51. The van der Waals surface area contributed by atoms with E-state index in [-0.39, 0.29) is 5.54 Å². The minimum Gasteiger partial charge on any atom is -0.291 e. The monoisotopic (exact) mass is 339 g/mol. The molecule has 0 unspecified atom stereocenters. The standard InChI is InChI=1S/C20H29N5/c1-16-9-10-18(17(2)15-16)25-19(21-22-23-25)20(11-5-3-6-12-20)24-13-7-4-8-14-24/h9-10,15H,3-8,11-14H2,1-2H3. The highest BCUT2D eigenvalue weighted by molar-refractivity contribution is 5.42. The van der Waals surface area contributed by atoms with E-state index in [0.717, 1.165) is 11.5 Å². The van der Waals surface area contributed by atoms with E-state index < -0.39 is 0 Å². The average molecular weight is 339 g/mol. The topological polar surface area (TPSA) is 46.8 Å². The SMILES string of the molecule is Cc1ccc(-n2nnnc2C2(N3CCCCC3)CCCCC2)c(C)c1. The van der Waals surface area contributed by atoms with E-state index in [1.165, 1.54) is 75.6 Å². The van der Waals surface area contributed by atoms with Gasteiger partial charge in [-0.2, -0.15) is 4.68 Å². The molecule has 0 N–H and O–H groups in total. The van der Waals surface area contributed by atoms with Crippen molar-refractivity contribution in [3.05, 3.63) is 35.2 Å². The Morgan fingerprint density at radius 1 is 0.920 bits per heavy atom. The third kappa shape index (κ3) is 2.99. The van der Waals surface area contributed by atoms with Crippen LogP contribution in [0.25, 0.3) is 5.69 Å². The average Bonchev–Trinajstić information content (AvgIpc) is 3.13. The number of hydrogen-bond acceptors (Lipinski definition) is 4. The summed E-state index contributed by atoms with van der Waals surface area (Å²) in [5.74, 6) is 1.06. The van der Waals surface area contributed by atoms with Gasteiger partial charge in [-0.05, 0) is 74.7 Å². The number of benzene rings is 1. The number of aryl methyl sites for hydroxylation is 2. The van der Waals surface area contributed by atoms with Gasteiger partial charge in [0.25, 0.3) is 0 Å². The zero-order valence-corrected chi connectivity index (χ0v) is 15.5. The zero-order valence-electron chi connectivity index (χ0n) is 15.5. The fourth-order valence-electron chi connectivity index (χ4n) is 4.82. The van der Waals surface area contributed by atoms with E-state index in [1.807, 2.05) is 4.68 Å². The molecule has 5 heteroatoms. The first-order valence-corrected chi connectivity index (χ1v) is 9.82. The summed E-state index contributed by atoms with van der Waals surface area (Å²) in [5, 5.41) is 13.1. The van der Waals surface area contributed by atoms with Gasteiger partial charge in [0.1, 0.15) is 0 Å². The number of aromatic nitrogens is 4. The minimum absolute atomic E-state index is 0.0134. The smallest absolute Gasteiger partial charge is 0.176 e. The summed E-state index contributed by atoms with van der Waals surface area (Å²) in [4.78, 5) is 2.70. The third-order valence-corrected chi connectivity index (χ3v) is 6.11. The molecule has 2 aliphatic rings. The fourth-order valence-corrected chi connectivity index (χ4v) is 4.82. The highest BCUT2D eigenvalue weighted by Crippen LogP contribution is 2.43. The summed E-state index contributed by atoms with van der Waals surface area (Å²) in [6, 6.07) is 6.54. The van der Waals surface area contributed by atoms with Crippen LogP contribution in [0.1, 0.15) is 68.3 Å². The highest BCUT2D eigenvalue weighted by Gasteiger charge is 2.44. The van der Waals surface area contributed by atoms with Crippen molar-refractivity contribution in [1.29, 1.82) is 0 Å². The van der Waals surface area contributed by atoms with Gasteiger partial charge in [-0.3, -0.25) is 4.90 Å². The minimum atomic E-state index is 0.0134. The second kappa shape index (κ2) is 6.87. The Bertz CT molecular complexity index is 723. The predicted molar refractivity (Wildman–Crippen MR) is 98.8 cm³/mol. The van der Waals surface area contributed by atoms with Crippen LogP contribution in [0.15, 0.2) is 18.2 Å². The van der Waals surface area contributed by atoms with Gasteiger partial charge in [-0.25, -0.2) is 0 Å². The Morgan fingerprint density at radius 2 is 1.64 bits per heavy atom. The maximum atomic E-state index is 4.59. The number of hydrogen-bond donors (Lipinski definition) is 0. The van der Waals surface area contributed by atoms with E-state index in [9.17, 15) is 0 Å². The molecule has 0 radical (unpaired) electrons. The van der Waals surface area contributed by atoms with Gasteiger partial charge in [-0.15, -0.1) is 5.10 Å². The van der Waals surface area contributed by atoms with Gasteiger partial charge < -0.3 is 0 Å². The van der Waals surface area contributed by atoms with Crippen molar-refractivity contribution in [1.82, 2.24) is 25.1 Å². The van der Waals surface area contributed by atoms with E-state index in [2.05, 4.69) is 52.5 Å². The lowest BCUT2D eigenvalue weighted by molar-refractivity contribution is 0.0213. The molecule has 2 fully saturated rings. The van der Waals surface area contributed by atoms with Crippen molar-refractivity contribution in [2.45, 2.75) is 70.8 Å². The fraction of sp³-hybridized carbons (Fsp3) is 0.650. The van der Waals surface area contributed by atoms with Crippen molar-refractivity contribution in [3.63, 3.8) is 0 Å². The zero-order chi connectivity index (χ0) is 17.3. The molecule has 0 atom stereocenters. The molecule has 1 aliphatic heterocycles. The second-order valence-electron chi connectivity index (χ2n) is 7.84. The van der Waals surface area contributed by atoms with Gasteiger partial charge in [0.2, 0.25) is 0 Å². The van der Waals surface area contributed by atoms with Crippen LogP contribution in [-0.2, 0) is 5.54 Å². The molecule has 0 spiro atoms. The third-order valence-electron chi connectivity index (χ3n) is 6.11. The molecule has 0 bridgehead atoms. The molecular formula is C20H29N5. The van der Waals surface area contributed by atoms with Crippen molar-refractivity contribution < 1.29 is 0 Å². The van der Waals surface area contributed by atoms with Crippen LogP contribution in [0.2, 0.25) is 0 Å². The second-order valence-corrected chi connectivity index (χ2v) is 7.84. The van der Waals surface area contributed by atoms with E-state index in [0.29, 0.717) is 0 Å². The molecule has 25 heavy (non-hydrogen) atoms. The van der Waals surface area contributed by atoms with Crippen molar-refractivity contribution in [3.8, 4) is 5.69 Å². The van der Waals surface area contributed by atoms with Gasteiger partial charge >= 0.3 is 0 Å². The maximum Gasteiger partial charge on any atom is 0.176 e. The predicted octanol–water partition coefficient (Wildman–Crippen LogP) is 3.92. The molecule has 134 valence electrons. The van der Waals surface area contributed by atoms with Crippen molar-refractivity contribution in [2.24, 2.45) is 0 Å². The summed E-state index contributed by atoms with van der Waals surface area (Å²) < 4.78 is 2.02. The molecule has 0 amide bonds. The molecule has 2 aromatic rings. The molecular weight excluding hydrogens is 310 g/mol. The van der Waals surface area contributed by atoms with Crippen LogP contribution in [0.4, 0.5) is 0 Å². The van der Waals surface area contributed by atoms with E-state index in [1.54, 1.807) is 0 Å². The highest BCUT2D eigenvalue weighted by atomic mass is 15.6. The molecule has 1 aliphatic carbocycles. The first-order valence-electron chi connectivity index (χ1n) is 9.82. The largest absolute Gasteiger partial charge is 0.291 e. The van der Waals surface area contributed by atoms with Crippen LogP contribution in [0.3, 0.4) is 0 Å². The Kier molecular flexibility index (Phi) is 4.59. The van der Waals surface area contributed by atoms with Crippen molar-refractivity contribution in [2.75, 3.05) is 13.1 Å². The van der Waals surface area contributed by atoms with Gasteiger partial charge in [0, 0.05) is 0 Å². The maximum absolute atomic E-state index is 4.59. The summed E-state index contributed by atoms with van der Waals surface area (Å²) in [6.07, 6.45) is 10.2. The van der Waals surface area contributed by atoms with Crippen molar-refractivity contribution >= 4 is 0 Å². The first-order chi connectivity index (χ1) is 12.2. The molecule has 1 aromatic heterocycles. The molecule has 4 rings (SSSR count). The summed E-state index contributed by atoms with van der Waals surface area (Å²) in [5.41, 5.74) is 3.64.